The monoisotopic (exact) mass is 225 g/mol. The number of likely N-dealkylation sites (tertiary alicyclic amines) is 1. The minimum atomic E-state index is 0.840. The van der Waals surface area contributed by atoms with Gasteiger partial charge in [0.05, 0.1) is 0 Å². The highest BCUT2D eigenvalue weighted by atomic mass is 15.2. The van der Waals surface area contributed by atoms with Crippen molar-refractivity contribution < 1.29 is 0 Å². The van der Waals surface area contributed by atoms with Crippen LogP contribution in [-0.4, -0.2) is 61.7 Å². The number of rotatable bonds is 2. The van der Waals surface area contributed by atoms with Gasteiger partial charge in [0.25, 0.3) is 0 Å². The SMILES string of the molecule is CCN1CCCC(N2CCCNCCC2)C1. The van der Waals surface area contributed by atoms with Crippen LogP contribution in [-0.2, 0) is 0 Å². The maximum absolute atomic E-state index is 3.49. The average Bonchev–Trinajstić information content (AvgIpc) is 2.29. The molecule has 0 aromatic rings. The van der Waals surface area contributed by atoms with E-state index >= 15 is 0 Å². The number of likely N-dealkylation sites (N-methyl/N-ethyl adjacent to an activating group) is 1. The molecule has 1 N–H and O–H groups in total. The molecule has 0 spiro atoms. The molecule has 2 saturated heterocycles. The lowest BCUT2D eigenvalue weighted by molar-refractivity contribution is 0.0950. The van der Waals surface area contributed by atoms with E-state index in [-0.39, 0.29) is 0 Å². The summed E-state index contributed by atoms with van der Waals surface area (Å²) in [6.45, 7) is 11.2. The van der Waals surface area contributed by atoms with E-state index in [1.54, 1.807) is 0 Å². The number of hydrogen-bond acceptors (Lipinski definition) is 3. The number of piperidine rings is 1. The first-order chi connectivity index (χ1) is 7.90. The Kier molecular flexibility index (Phi) is 5.07. The standard InChI is InChI=1S/C13H27N3/c1-2-15-9-3-6-13(12-15)16-10-4-7-14-8-5-11-16/h13-14H,2-12H2,1H3. The Bertz CT molecular complexity index is 188. The largest absolute Gasteiger partial charge is 0.317 e. The Morgan fingerprint density at radius 2 is 1.81 bits per heavy atom. The van der Waals surface area contributed by atoms with Crippen molar-refractivity contribution in [3.63, 3.8) is 0 Å². The van der Waals surface area contributed by atoms with E-state index < -0.39 is 0 Å². The fourth-order valence-electron chi connectivity index (χ4n) is 3.03. The van der Waals surface area contributed by atoms with Crippen LogP contribution in [0.25, 0.3) is 0 Å². The van der Waals surface area contributed by atoms with Crippen molar-refractivity contribution in [3.8, 4) is 0 Å². The highest BCUT2D eigenvalue weighted by Crippen LogP contribution is 2.16. The predicted molar refractivity (Wildman–Crippen MR) is 68.8 cm³/mol. The van der Waals surface area contributed by atoms with Crippen LogP contribution in [0, 0.1) is 0 Å². The van der Waals surface area contributed by atoms with Crippen LogP contribution in [0.15, 0.2) is 0 Å². The molecule has 0 amide bonds. The molecule has 2 fully saturated rings. The fourth-order valence-corrected chi connectivity index (χ4v) is 3.03. The minimum absolute atomic E-state index is 0.840. The van der Waals surface area contributed by atoms with E-state index in [1.807, 2.05) is 0 Å². The molecule has 1 atom stereocenters. The second kappa shape index (κ2) is 6.58. The van der Waals surface area contributed by atoms with Crippen LogP contribution in [0.5, 0.6) is 0 Å². The molecule has 2 heterocycles. The minimum Gasteiger partial charge on any atom is -0.317 e. The summed E-state index contributed by atoms with van der Waals surface area (Å²) in [4.78, 5) is 5.37. The van der Waals surface area contributed by atoms with Crippen molar-refractivity contribution in [2.75, 3.05) is 45.8 Å². The third-order valence-electron chi connectivity index (χ3n) is 4.04. The lowest BCUT2D eigenvalue weighted by Gasteiger charge is -2.39. The molecule has 16 heavy (non-hydrogen) atoms. The Labute approximate surface area is 100 Å². The van der Waals surface area contributed by atoms with E-state index in [1.165, 1.54) is 71.5 Å². The maximum atomic E-state index is 3.49. The highest BCUT2D eigenvalue weighted by Gasteiger charge is 2.24. The van der Waals surface area contributed by atoms with E-state index in [4.69, 9.17) is 0 Å². The van der Waals surface area contributed by atoms with Crippen LogP contribution in [0.2, 0.25) is 0 Å². The zero-order chi connectivity index (χ0) is 11.2. The van der Waals surface area contributed by atoms with E-state index in [2.05, 4.69) is 22.0 Å². The molecule has 0 radical (unpaired) electrons. The summed E-state index contributed by atoms with van der Waals surface area (Å²) in [5.41, 5.74) is 0. The maximum Gasteiger partial charge on any atom is 0.0223 e. The molecule has 0 bridgehead atoms. The van der Waals surface area contributed by atoms with Gasteiger partial charge >= 0.3 is 0 Å². The summed E-state index contributed by atoms with van der Waals surface area (Å²) < 4.78 is 0. The van der Waals surface area contributed by atoms with Crippen LogP contribution < -0.4 is 5.32 Å². The molecular weight excluding hydrogens is 198 g/mol. The lowest BCUT2D eigenvalue weighted by Crippen LogP contribution is -2.49. The normalized spacial score (nSPS) is 30.9. The Morgan fingerprint density at radius 1 is 1.06 bits per heavy atom. The van der Waals surface area contributed by atoms with Gasteiger partial charge in [-0.3, -0.25) is 4.90 Å². The summed E-state index contributed by atoms with van der Waals surface area (Å²) in [6, 6.07) is 0.840. The molecule has 0 aromatic carbocycles. The smallest absolute Gasteiger partial charge is 0.0223 e. The van der Waals surface area contributed by atoms with Crippen molar-refractivity contribution in [2.24, 2.45) is 0 Å². The first-order valence-electron chi connectivity index (χ1n) is 7.07. The summed E-state index contributed by atoms with van der Waals surface area (Å²) in [5, 5.41) is 3.49. The molecule has 3 heteroatoms. The zero-order valence-electron chi connectivity index (χ0n) is 10.7. The molecule has 2 aliphatic rings. The second-order valence-electron chi connectivity index (χ2n) is 5.18. The van der Waals surface area contributed by atoms with Gasteiger partial charge in [-0.2, -0.15) is 0 Å². The molecular formula is C13H27N3. The third-order valence-corrected chi connectivity index (χ3v) is 4.04. The molecule has 0 saturated carbocycles. The van der Waals surface area contributed by atoms with Crippen molar-refractivity contribution in [1.82, 2.24) is 15.1 Å². The molecule has 1 unspecified atom stereocenters. The highest BCUT2D eigenvalue weighted by molar-refractivity contribution is 4.81. The van der Waals surface area contributed by atoms with Gasteiger partial charge in [0.2, 0.25) is 0 Å². The van der Waals surface area contributed by atoms with E-state index in [0.29, 0.717) is 0 Å². The fraction of sp³-hybridized carbons (Fsp3) is 1.00. The van der Waals surface area contributed by atoms with Crippen molar-refractivity contribution >= 4 is 0 Å². The van der Waals surface area contributed by atoms with Gasteiger partial charge in [-0.05, 0) is 65.0 Å². The van der Waals surface area contributed by atoms with Crippen LogP contribution in [0.4, 0.5) is 0 Å². The lowest BCUT2D eigenvalue weighted by atomic mass is 10.0. The average molecular weight is 225 g/mol. The van der Waals surface area contributed by atoms with Gasteiger partial charge in [-0.15, -0.1) is 0 Å². The van der Waals surface area contributed by atoms with Gasteiger partial charge in [0.15, 0.2) is 0 Å². The Morgan fingerprint density at radius 3 is 2.50 bits per heavy atom. The van der Waals surface area contributed by atoms with Crippen LogP contribution in [0.1, 0.15) is 32.6 Å². The summed E-state index contributed by atoms with van der Waals surface area (Å²) in [6.07, 6.45) is 5.46. The van der Waals surface area contributed by atoms with Crippen LogP contribution >= 0.6 is 0 Å². The number of nitrogens with zero attached hydrogens (tertiary/aromatic N) is 2. The van der Waals surface area contributed by atoms with Gasteiger partial charge in [-0.25, -0.2) is 0 Å². The first kappa shape index (κ1) is 12.3. The Balaban J connectivity index is 1.83. The quantitative estimate of drug-likeness (QED) is 0.761. The van der Waals surface area contributed by atoms with E-state index in [0.717, 1.165) is 6.04 Å². The summed E-state index contributed by atoms with van der Waals surface area (Å²) in [7, 11) is 0. The van der Waals surface area contributed by atoms with Crippen molar-refractivity contribution in [1.29, 1.82) is 0 Å². The predicted octanol–water partition coefficient (Wildman–Crippen LogP) is 1.16. The third kappa shape index (κ3) is 3.44. The first-order valence-corrected chi connectivity index (χ1v) is 7.07. The molecule has 0 aromatic heterocycles. The molecule has 0 aliphatic carbocycles. The van der Waals surface area contributed by atoms with E-state index in [9.17, 15) is 0 Å². The topological polar surface area (TPSA) is 18.5 Å². The summed E-state index contributed by atoms with van der Waals surface area (Å²) >= 11 is 0. The van der Waals surface area contributed by atoms with Crippen molar-refractivity contribution in [2.45, 2.75) is 38.6 Å². The zero-order valence-corrected chi connectivity index (χ0v) is 10.7. The molecule has 2 aliphatic heterocycles. The van der Waals surface area contributed by atoms with Crippen molar-refractivity contribution in [3.05, 3.63) is 0 Å². The number of hydrogen-bond donors (Lipinski definition) is 1. The Hall–Kier alpha value is -0.120. The summed E-state index contributed by atoms with van der Waals surface area (Å²) in [5.74, 6) is 0. The molecule has 3 nitrogen and oxygen atoms in total. The number of nitrogens with one attached hydrogen (secondary N) is 1. The molecule has 94 valence electrons. The molecule has 2 rings (SSSR count). The van der Waals surface area contributed by atoms with Crippen LogP contribution in [0.3, 0.4) is 0 Å². The van der Waals surface area contributed by atoms with Gasteiger partial charge in [0, 0.05) is 12.6 Å². The van der Waals surface area contributed by atoms with Gasteiger partial charge in [-0.1, -0.05) is 6.92 Å². The van der Waals surface area contributed by atoms with Gasteiger partial charge in [0.1, 0.15) is 0 Å². The van der Waals surface area contributed by atoms with Gasteiger partial charge < -0.3 is 10.2 Å². The second-order valence-corrected chi connectivity index (χ2v) is 5.18.